The van der Waals surface area contributed by atoms with Gasteiger partial charge in [0.1, 0.15) is 0 Å². The normalized spacial score (nSPS) is 13.2. The molecule has 0 fully saturated rings. The molecule has 1 atom stereocenters. The van der Waals surface area contributed by atoms with Gasteiger partial charge in [-0.15, -0.1) is 10.2 Å². The monoisotopic (exact) mass is 204 g/mol. The largest absolute Gasteiger partial charge is 0.307 e. The predicted octanol–water partition coefficient (Wildman–Crippen LogP) is 1.62. The zero-order valence-corrected chi connectivity index (χ0v) is 9.14. The molecule has 2 aromatic heterocycles. The number of nitrogens with one attached hydrogen (secondary N) is 1. The van der Waals surface area contributed by atoms with Crippen LogP contribution in [-0.4, -0.2) is 20.6 Å². The first kappa shape index (κ1) is 10.1. The first-order chi connectivity index (χ1) is 7.31. The minimum Gasteiger partial charge on any atom is -0.307 e. The number of hydrogen-bond donors (Lipinski definition) is 1. The lowest BCUT2D eigenvalue weighted by Crippen LogP contribution is -2.25. The SMILES string of the molecule is CC[C@@H](C)NCc1nnc2ccccn12. The van der Waals surface area contributed by atoms with Gasteiger partial charge in [0.25, 0.3) is 0 Å². The number of fused-ring (bicyclic) bond motifs is 1. The lowest BCUT2D eigenvalue weighted by atomic mass is 10.2. The molecule has 2 rings (SSSR count). The maximum absolute atomic E-state index is 4.15. The summed E-state index contributed by atoms with van der Waals surface area (Å²) >= 11 is 0. The van der Waals surface area contributed by atoms with E-state index >= 15 is 0 Å². The quantitative estimate of drug-likeness (QED) is 0.822. The third-order valence-electron chi connectivity index (χ3n) is 2.61. The van der Waals surface area contributed by atoms with Crippen LogP contribution in [0.1, 0.15) is 26.1 Å². The standard InChI is InChI=1S/C11H16N4/c1-3-9(2)12-8-11-14-13-10-6-4-5-7-15(10)11/h4-7,9,12H,3,8H2,1-2H3/t9-/m1/s1. The molecule has 0 saturated heterocycles. The molecule has 2 heterocycles. The molecule has 0 aliphatic rings. The van der Waals surface area contributed by atoms with Crippen molar-refractivity contribution in [2.24, 2.45) is 0 Å². The third-order valence-corrected chi connectivity index (χ3v) is 2.61. The van der Waals surface area contributed by atoms with E-state index in [0.29, 0.717) is 6.04 Å². The molecule has 0 bridgehead atoms. The van der Waals surface area contributed by atoms with E-state index in [1.165, 1.54) is 0 Å². The van der Waals surface area contributed by atoms with Crippen LogP contribution in [0.15, 0.2) is 24.4 Å². The fourth-order valence-electron chi connectivity index (χ4n) is 1.42. The van der Waals surface area contributed by atoms with Gasteiger partial charge in [0, 0.05) is 12.2 Å². The number of hydrogen-bond acceptors (Lipinski definition) is 3. The molecule has 4 heteroatoms. The van der Waals surface area contributed by atoms with Gasteiger partial charge in [-0.2, -0.15) is 0 Å². The van der Waals surface area contributed by atoms with Crippen LogP contribution in [0.4, 0.5) is 0 Å². The Kier molecular flexibility index (Phi) is 2.97. The Hall–Kier alpha value is -1.42. The molecular formula is C11H16N4. The predicted molar refractivity (Wildman–Crippen MR) is 59.6 cm³/mol. The summed E-state index contributed by atoms with van der Waals surface area (Å²) in [5.74, 6) is 0.964. The molecule has 0 spiro atoms. The Labute approximate surface area is 89.3 Å². The summed E-state index contributed by atoms with van der Waals surface area (Å²) in [5.41, 5.74) is 0.901. The Morgan fingerprint density at radius 2 is 2.27 bits per heavy atom. The molecule has 0 unspecified atom stereocenters. The van der Waals surface area contributed by atoms with Gasteiger partial charge in [-0.25, -0.2) is 0 Å². The molecular weight excluding hydrogens is 188 g/mol. The van der Waals surface area contributed by atoms with Crippen LogP contribution >= 0.6 is 0 Å². The Morgan fingerprint density at radius 1 is 1.40 bits per heavy atom. The molecule has 0 aromatic carbocycles. The second-order valence-electron chi connectivity index (χ2n) is 3.74. The van der Waals surface area contributed by atoms with Crippen molar-refractivity contribution < 1.29 is 0 Å². The van der Waals surface area contributed by atoms with Gasteiger partial charge in [-0.1, -0.05) is 13.0 Å². The van der Waals surface area contributed by atoms with Crippen LogP contribution in [0.2, 0.25) is 0 Å². The third kappa shape index (κ3) is 2.15. The van der Waals surface area contributed by atoms with Crippen molar-refractivity contribution in [1.82, 2.24) is 19.9 Å². The van der Waals surface area contributed by atoms with Crippen molar-refractivity contribution in [2.45, 2.75) is 32.9 Å². The van der Waals surface area contributed by atoms with Gasteiger partial charge >= 0.3 is 0 Å². The molecule has 80 valence electrons. The summed E-state index contributed by atoms with van der Waals surface area (Å²) in [7, 11) is 0. The average Bonchev–Trinajstić information content (AvgIpc) is 2.69. The Morgan fingerprint density at radius 3 is 3.07 bits per heavy atom. The van der Waals surface area contributed by atoms with E-state index in [0.717, 1.165) is 24.4 Å². The highest BCUT2D eigenvalue weighted by atomic mass is 15.3. The highest BCUT2D eigenvalue weighted by Gasteiger charge is 2.05. The van der Waals surface area contributed by atoms with Gasteiger partial charge in [-0.3, -0.25) is 4.40 Å². The highest BCUT2D eigenvalue weighted by molar-refractivity contribution is 5.36. The van der Waals surface area contributed by atoms with Crippen LogP contribution in [-0.2, 0) is 6.54 Å². The highest BCUT2D eigenvalue weighted by Crippen LogP contribution is 2.02. The second kappa shape index (κ2) is 4.40. The molecule has 0 aliphatic carbocycles. The lowest BCUT2D eigenvalue weighted by molar-refractivity contribution is 0.521. The maximum atomic E-state index is 4.15. The van der Waals surface area contributed by atoms with Gasteiger partial charge in [-0.05, 0) is 25.5 Å². The summed E-state index contributed by atoms with van der Waals surface area (Å²) in [6.07, 6.45) is 3.11. The first-order valence-corrected chi connectivity index (χ1v) is 5.33. The van der Waals surface area contributed by atoms with Gasteiger partial charge in [0.15, 0.2) is 11.5 Å². The zero-order valence-electron chi connectivity index (χ0n) is 9.14. The Bertz CT molecular complexity index is 435. The average molecular weight is 204 g/mol. The lowest BCUT2D eigenvalue weighted by Gasteiger charge is -2.09. The van der Waals surface area contributed by atoms with Crippen LogP contribution in [0.5, 0.6) is 0 Å². The van der Waals surface area contributed by atoms with Crippen molar-refractivity contribution >= 4 is 5.65 Å². The van der Waals surface area contributed by atoms with Crippen LogP contribution < -0.4 is 5.32 Å². The summed E-state index contributed by atoms with van der Waals surface area (Å²) in [6.45, 7) is 5.10. The van der Waals surface area contributed by atoms with Crippen molar-refractivity contribution in [3.8, 4) is 0 Å². The Balaban J connectivity index is 2.14. The smallest absolute Gasteiger partial charge is 0.160 e. The fourth-order valence-corrected chi connectivity index (χ4v) is 1.42. The minimum atomic E-state index is 0.515. The number of nitrogens with zero attached hydrogens (tertiary/aromatic N) is 3. The molecule has 15 heavy (non-hydrogen) atoms. The molecule has 0 saturated carbocycles. The molecule has 1 N–H and O–H groups in total. The van der Waals surface area contributed by atoms with Gasteiger partial charge in [0.2, 0.25) is 0 Å². The first-order valence-electron chi connectivity index (χ1n) is 5.33. The number of pyridine rings is 1. The van der Waals surface area contributed by atoms with E-state index in [-0.39, 0.29) is 0 Å². The van der Waals surface area contributed by atoms with Crippen molar-refractivity contribution in [1.29, 1.82) is 0 Å². The maximum Gasteiger partial charge on any atom is 0.160 e. The fraction of sp³-hybridized carbons (Fsp3) is 0.455. The van der Waals surface area contributed by atoms with E-state index < -0.39 is 0 Å². The van der Waals surface area contributed by atoms with Crippen molar-refractivity contribution in [3.05, 3.63) is 30.2 Å². The van der Waals surface area contributed by atoms with E-state index in [1.54, 1.807) is 0 Å². The summed E-state index contributed by atoms with van der Waals surface area (Å²) in [4.78, 5) is 0. The van der Waals surface area contributed by atoms with Gasteiger partial charge < -0.3 is 5.32 Å². The summed E-state index contributed by atoms with van der Waals surface area (Å²) < 4.78 is 2.01. The minimum absolute atomic E-state index is 0.515. The van der Waals surface area contributed by atoms with E-state index in [2.05, 4.69) is 29.4 Å². The molecule has 0 amide bonds. The summed E-state index contributed by atoms with van der Waals surface area (Å²) in [5, 5.41) is 11.7. The van der Waals surface area contributed by atoms with Crippen molar-refractivity contribution in [3.63, 3.8) is 0 Å². The molecule has 2 aromatic rings. The van der Waals surface area contributed by atoms with Crippen molar-refractivity contribution in [2.75, 3.05) is 0 Å². The molecule has 0 radical (unpaired) electrons. The van der Waals surface area contributed by atoms with E-state index in [1.807, 2.05) is 28.8 Å². The van der Waals surface area contributed by atoms with E-state index in [9.17, 15) is 0 Å². The zero-order chi connectivity index (χ0) is 10.7. The summed E-state index contributed by atoms with van der Waals surface area (Å²) in [6, 6.07) is 6.43. The molecule has 4 nitrogen and oxygen atoms in total. The van der Waals surface area contributed by atoms with E-state index in [4.69, 9.17) is 0 Å². The van der Waals surface area contributed by atoms with Crippen LogP contribution in [0, 0.1) is 0 Å². The van der Waals surface area contributed by atoms with Crippen LogP contribution in [0.25, 0.3) is 5.65 Å². The van der Waals surface area contributed by atoms with Crippen LogP contribution in [0.3, 0.4) is 0 Å². The topological polar surface area (TPSA) is 42.2 Å². The van der Waals surface area contributed by atoms with Gasteiger partial charge in [0.05, 0.1) is 6.54 Å². The number of aromatic nitrogens is 3. The second-order valence-corrected chi connectivity index (χ2v) is 3.74. The molecule has 0 aliphatic heterocycles. The number of rotatable bonds is 4.